The number of para-hydroxylation sites is 3. The van der Waals surface area contributed by atoms with Crippen LogP contribution in [0, 0.1) is 29.1 Å². The minimum Gasteiger partial charge on any atom is -0.457 e. The first-order valence-corrected chi connectivity index (χ1v) is 32.4. The average Bonchev–Trinajstić information content (AvgIpc) is 1.35. The number of benzene rings is 10. The second-order valence-corrected chi connectivity index (χ2v) is 28.7. The molecule has 5 nitrogen and oxygen atoms in total. The van der Waals surface area contributed by atoms with Gasteiger partial charge in [-0.3, -0.25) is 4.57 Å². The van der Waals surface area contributed by atoms with Crippen LogP contribution < -0.4 is 14.5 Å². The molecule has 3 heterocycles. The molecule has 0 fully saturated rings. The van der Waals surface area contributed by atoms with E-state index >= 15 is 22.0 Å². The lowest BCUT2D eigenvalue weighted by Crippen LogP contribution is -2.25. The zero-order chi connectivity index (χ0) is 66.4. The Morgan fingerprint density at radius 1 is 0.394 bits per heavy atom. The first-order valence-electron chi connectivity index (χ1n) is 32.4. The zero-order valence-electron chi connectivity index (χ0n) is 55.6. The summed E-state index contributed by atoms with van der Waals surface area (Å²) in [5.74, 6) is -8.08. The van der Waals surface area contributed by atoms with Crippen molar-refractivity contribution in [1.29, 1.82) is 0 Å². The standard InChI is InChI=1S/C84H77F5N4O/c1-49(2)65-40-53(51-24-16-14-17-25-51)41-66(50(3)4)74(65)56-38-60(46-62(39-56)94-61-32-33-64-63-28-20-21-29-69(63)93(72(64)47-61)73-45-57(34-35-90-73)82(5,6)7)91-48-92(71-31-23-22-30-70(71)91)81-67(55-36-58(83(8,9)10)44-59(37-55)84(11,12)13)42-54(52-26-18-15-19-27-52)43-68(81)75-76(85)78(87)80(89)79(88)77(75)86/h14-47,49-50H,48H2,1-13H3. The van der Waals surface area contributed by atoms with Crippen molar-refractivity contribution in [3.63, 3.8) is 0 Å². The lowest BCUT2D eigenvalue weighted by molar-refractivity contribution is 0.381. The van der Waals surface area contributed by atoms with Gasteiger partial charge in [-0.25, -0.2) is 26.9 Å². The van der Waals surface area contributed by atoms with Crippen molar-refractivity contribution in [2.45, 2.75) is 118 Å². The minimum absolute atomic E-state index is 0.0289. The molecule has 2 aromatic heterocycles. The van der Waals surface area contributed by atoms with Crippen molar-refractivity contribution in [1.82, 2.24) is 9.55 Å². The van der Waals surface area contributed by atoms with Crippen LogP contribution in [-0.4, -0.2) is 16.2 Å². The highest BCUT2D eigenvalue weighted by Crippen LogP contribution is 2.55. The summed E-state index contributed by atoms with van der Waals surface area (Å²) in [7, 11) is 0. The maximum atomic E-state index is 17.2. The normalized spacial score (nSPS) is 12.9. The molecule has 0 bridgehead atoms. The fourth-order valence-electron chi connectivity index (χ4n) is 13.3. The van der Waals surface area contributed by atoms with E-state index in [9.17, 15) is 0 Å². The van der Waals surface area contributed by atoms with Crippen molar-refractivity contribution in [2.75, 3.05) is 16.5 Å². The molecular weight excluding hydrogens is 1180 g/mol. The summed E-state index contributed by atoms with van der Waals surface area (Å²) in [5.41, 5.74) is 14.3. The SMILES string of the molecule is CC(C)c1cc(-c2ccccc2)cc(C(C)C)c1-c1cc(Oc2ccc3c4ccccc4n(-c4cc(C(C)(C)C)ccn4)c3c2)cc(N2CN(c3c(-c4cc(C(C)(C)C)cc(C(C)(C)C)c4)cc(-c4ccccc4)cc3-c3c(F)c(F)c(F)c(F)c3F)c3ccccc32)c1. The van der Waals surface area contributed by atoms with Gasteiger partial charge >= 0.3 is 0 Å². The summed E-state index contributed by atoms with van der Waals surface area (Å²) in [4.78, 5) is 9.07. The van der Waals surface area contributed by atoms with Gasteiger partial charge in [0.15, 0.2) is 23.3 Å². The number of hydrogen-bond acceptors (Lipinski definition) is 4. The predicted molar refractivity (Wildman–Crippen MR) is 378 cm³/mol. The number of aromatic nitrogens is 2. The lowest BCUT2D eigenvalue weighted by atomic mass is 9.78. The zero-order valence-corrected chi connectivity index (χ0v) is 55.6. The second kappa shape index (κ2) is 24.0. The van der Waals surface area contributed by atoms with Crippen LogP contribution in [0.1, 0.15) is 130 Å². The third-order valence-electron chi connectivity index (χ3n) is 18.5. The molecule has 0 unspecified atom stereocenters. The summed E-state index contributed by atoms with van der Waals surface area (Å²) in [6.45, 7) is 28.3. The summed E-state index contributed by atoms with van der Waals surface area (Å²) in [6, 6.07) is 67.2. The first-order chi connectivity index (χ1) is 44.7. The molecule has 0 radical (unpaired) electrons. The van der Waals surface area contributed by atoms with E-state index in [1.165, 1.54) is 0 Å². The number of rotatable bonds is 12. The van der Waals surface area contributed by atoms with Crippen LogP contribution >= 0.6 is 0 Å². The lowest BCUT2D eigenvalue weighted by Gasteiger charge is -2.30. The quantitative estimate of drug-likeness (QED) is 0.0693. The molecule has 0 aliphatic carbocycles. The Morgan fingerprint density at radius 3 is 1.50 bits per heavy atom. The van der Waals surface area contributed by atoms with Crippen molar-refractivity contribution >= 4 is 44.6 Å². The van der Waals surface area contributed by atoms with Crippen molar-refractivity contribution in [2.24, 2.45) is 0 Å². The summed E-state index contributed by atoms with van der Waals surface area (Å²) in [5, 5.41) is 2.12. The largest absolute Gasteiger partial charge is 0.457 e. The Balaban J connectivity index is 1.07. The Hall–Kier alpha value is -9.80. The van der Waals surface area contributed by atoms with Crippen LogP contribution in [0.3, 0.4) is 0 Å². The Labute approximate surface area is 548 Å². The summed E-state index contributed by atoms with van der Waals surface area (Å²) >= 11 is 0. The Morgan fingerprint density at radius 2 is 0.915 bits per heavy atom. The Bertz CT molecular complexity index is 4840. The molecule has 1 aliphatic heterocycles. The van der Waals surface area contributed by atoms with Crippen molar-refractivity contribution in [3.05, 3.63) is 263 Å². The van der Waals surface area contributed by atoms with Gasteiger partial charge in [-0.1, -0.05) is 211 Å². The third-order valence-corrected chi connectivity index (χ3v) is 18.5. The first kappa shape index (κ1) is 63.0. The highest BCUT2D eigenvalue weighted by molar-refractivity contribution is 6.09. The van der Waals surface area contributed by atoms with Crippen LogP contribution in [-0.2, 0) is 16.2 Å². The van der Waals surface area contributed by atoms with Gasteiger partial charge in [-0.15, -0.1) is 0 Å². The number of hydrogen-bond donors (Lipinski definition) is 0. The average molecular weight is 1250 g/mol. The molecule has 474 valence electrons. The van der Waals surface area contributed by atoms with Gasteiger partial charge in [-0.05, 0) is 162 Å². The molecule has 0 amide bonds. The van der Waals surface area contributed by atoms with E-state index in [2.05, 4.69) is 209 Å². The van der Waals surface area contributed by atoms with Crippen LogP contribution in [0.4, 0.5) is 44.7 Å². The molecule has 10 aromatic carbocycles. The molecule has 13 rings (SSSR count). The van der Waals surface area contributed by atoms with E-state index in [4.69, 9.17) is 9.72 Å². The number of anilines is 4. The molecule has 94 heavy (non-hydrogen) atoms. The fourth-order valence-corrected chi connectivity index (χ4v) is 13.3. The minimum atomic E-state index is -2.23. The molecule has 0 saturated carbocycles. The highest BCUT2D eigenvalue weighted by Gasteiger charge is 2.37. The molecule has 0 spiro atoms. The van der Waals surface area contributed by atoms with Crippen LogP contribution in [0.15, 0.2) is 206 Å². The summed E-state index contributed by atoms with van der Waals surface area (Å²) in [6.07, 6.45) is 1.87. The summed E-state index contributed by atoms with van der Waals surface area (Å²) < 4.78 is 91.3. The molecular formula is C84H77F5N4O. The molecule has 0 atom stereocenters. The number of halogens is 5. The molecule has 12 aromatic rings. The monoisotopic (exact) mass is 1250 g/mol. The van der Waals surface area contributed by atoms with E-state index < -0.39 is 34.6 Å². The van der Waals surface area contributed by atoms with E-state index in [1.54, 1.807) is 6.07 Å². The smallest absolute Gasteiger partial charge is 0.200 e. The van der Waals surface area contributed by atoms with Crippen LogP contribution in [0.25, 0.3) is 83.3 Å². The van der Waals surface area contributed by atoms with E-state index in [0.29, 0.717) is 39.4 Å². The van der Waals surface area contributed by atoms with Gasteiger partial charge in [0, 0.05) is 45.9 Å². The van der Waals surface area contributed by atoms with Crippen molar-refractivity contribution in [3.8, 4) is 73.0 Å². The van der Waals surface area contributed by atoms with Crippen LogP contribution in [0.2, 0.25) is 0 Å². The molecule has 0 N–H and O–H groups in total. The number of ether oxygens (including phenoxy) is 1. The van der Waals surface area contributed by atoms with Gasteiger partial charge in [-0.2, -0.15) is 0 Å². The van der Waals surface area contributed by atoms with Crippen molar-refractivity contribution < 1.29 is 26.7 Å². The fraction of sp³-hybridized carbons (Fsp3) is 0.226. The van der Waals surface area contributed by atoms with Gasteiger partial charge < -0.3 is 14.5 Å². The van der Waals surface area contributed by atoms with E-state index in [1.807, 2.05) is 96.0 Å². The van der Waals surface area contributed by atoms with Gasteiger partial charge in [0.1, 0.15) is 24.0 Å². The van der Waals surface area contributed by atoms with E-state index in [0.717, 1.165) is 89.1 Å². The topological polar surface area (TPSA) is 33.5 Å². The highest BCUT2D eigenvalue weighted by atomic mass is 19.2. The number of fused-ring (bicyclic) bond motifs is 4. The predicted octanol–water partition coefficient (Wildman–Crippen LogP) is 24.4. The third kappa shape index (κ3) is 11.5. The maximum Gasteiger partial charge on any atom is 0.200 e. The maximum absolute atomic E-state index is 17.2. The van der Waals surface area contributed by atoms with E-state index in [-0.39, 0.29) is 46.0 Å². The molecule has 1 aliphatic rings. The Kier molecular flexibility index (Phi) is 16.0. The molecule has 10 heteroatoms. The van der Waals surface area contributed by atoms with Gasteiger partial charge in [0.05, 0.1) is 33.7 Å². The molecule has 0 saturated heterocycles. The van der Waals surface area contributed by atoms with Gasteiger partial charge in [0.25, 0.3) is 0 Å². The van der Waals surface area contributed by atoms with Crippen LogP contribution in [0.5, 0.6) is 11.5 Å². The number of nitrogens with zero attached hydrogens (tertiary/aromatic N) is 4. The number of pyridine rings is 1. The van der Waals surface area contributed by atoms with Gasteiger partial charge in [0.2, 0.25) is 5.82 Å². The second-order valence-electron chi connectivity index (χ2n) is 28.7.